The molecule has 2 rings (SSSR count). The third-order valence-electron chi connectivity index (χ3n) is 4.26. The topological polar surface area (TPSA) is 73.1 Å². The zero-order chi connectivity index (χ0) is 14.6. The fourth-order valence-electron chi connectivity index (χ4n) is 2.95. The number of aliphatic carboxylic acids is 1. The molecule has 4 heteroatoms. The fraction of sp³-hybridized carbons (Fsp3) is 0.500. The van der Waals surface area contributed by atoms with Crippen molar-refractivity contribution in [1.29, 1.82) is 5.26 Å². The summed E-state index contributed by atoms with van der Waals surface area (Å²) in [5.41, 5.74) is 1.62. The van der Waals surface area contributed by atoms with Crippen LogP contribution in [0.15, 0.2) is 18.2 Å². The summed E-state index contributed by atoms with van der Waals surface area (Å²) in [6.07, 6.45) is 4.47. The fourth-order valence-corrected chi connectivity index (χ4v) is 2.95. The van der Waals surface area contributed by atoms with Crippen LogP contribution in [0.25, 0.3) is 0 Å². The van der Waals surface area contributed by atoms with Crippen molar-refractivity contribution in [1.82, 2.24) is 0 Å². The van der Waals surface area contributed by atoms with Crippen molar-refractivity contribution in [3.63, 3.8) is 0 Å². The van der Waals surface area contributed by atoms with E-state index in [2.05, 4.69) is 11.4 Å². The smallest absolute Gasteiger partial charge is 0.311 e. The molecule has 20 heavy (non-hydrogen) atoms. The first-order chi connectivity index (χ1) is 9.59. The molecule has 0 heterocycles. The maximum Gasteiger partial charge on any atom is 0.311 e. The second kappa shape index (κ2) is 5.96. The molecular formula is C16H20N2O2. The highest BCUT2D eigenvalue weighted by Crippen LogP contribution is 2.37. The zero-order valence-corrected chi connectivity index (χ0v) is 11.8. The number of carboxylic acids is 1. The average molecular weight is 272 g/mol. The lowest BCUT2D eigenvalue weighted by molar-refractivity contribution is -0.150. The van der Waals surface area contributed by atoms with Gasteiger partial charge in [0, 0.05) is 6.54 Å². The molecule has 0 aromatic heterocycles. The van der Waals surface area contributed by atoms with Crippen LogP contribution in [0.2, 0.25) is 0 Å². The molecule has 0 radical (unpaired) electrons. The molecule has 0 bridgehead atoms. The van der Waals surface area contributed by atoms with Crippen LogP contribution in [0.4, 0.5) is 5.69 Å². The molecular weight excluding hydrogens is 252 g/mol. The van der Waals surface area contributed by atoms with Crippen LogP contribution in [0.3, 0.4) is 0 Å². The Kier molecular flexibility index (Phi) is 4.29. The first-order valence-electron chi connectivity index (χ1n) is 7.06. The van der Waals surface area contributed by atoms with E-state index >= 15 is 0 Å². The van der Waals surface area contributed by atoms with Gasteiger partial charge in [-0.15, -0.1) is 0 Å². The van der Waals surface area contributed by atoms with Gasteiger partial charge in [-0.2, -0.15) is 5.26 Å². The maximum atomic E-state index is 11.6. The highest BCUT2D eigenvalue weighted by atomic mass is 16.4. The van der Waals surface area contributed by atoms with E-state index in [1.807, 2.05) is 19.1 Å². The number of para-hydroxylation sites is 1. The van der Waals surface area contributed by atoms with Gasteiger partial charge in [0.05, 0.1) is 16.7 Å². The van der Waals surface area contributed by atoms with Gasteiger partial charge in [0.25, 0.3) is 0 Å². The summed E-state index contributed by atoms with van der Waals surface area (Å²) in [5.74, 6) is -0.725. The van der Waals surface area contributed by atoms with E-state index in [4.69, 9.17) is 5.26 Å². The van der Waals surface area contributed by atoms with Gasteiger partial charge in [0.1, 0.15) is 6.07 Å². The van der Waals surface area contributed by atoms with Crippen LogP contribution >= 0.6 is 0 Å². The Bertz CT molecular complexity index is 540. The van der Waals surface area contributed by atoms with Gasteiger partial charge in [-0.3, -0.25) is 4.79 Å². The molecule has 0 saturated heterocycles. The van der Waals surface area contributed by atoms with Gasteiger partial charge < -0.3 is 10.4 Å². The van der Waals surface area contributed by atoms with Crippen LogP contribution in [0, 0.1) is 23.7 Å². The highest BCUT2D eigenvalue weighted by Gasteiger charge is 2.39. The SMILES string of the molecule is Cc1cccc(C#N)c1NCC1(C(=O)O)CCCCC1. The molecule has 0 amide bonds. The number of nitrogens with zero attached hydrogens (tertiary/aromatic N) is 1. The predicted molar refractivity (Wildman–Crippen MR) is 77.5 cm³/mol. The number of hydrogen-bond acceptors (Lipinski definition) is 3. The molecule has 106 valence electrons. The summed E-state index contributed by atoms with van der Waals surface area (Å²) in [4.78, 5) is 11.6. The zero-order valence-electron chi connectivity index (χ0n) is 11.8. The molecule has 0 atom stereocenters. The number of carbonyl (C=O) groups is 1. The van der Waals surface area contributed by atoms with Crippen molar-refractivity contribution in [2.24, 2.45) is 5.41 Å². The minimum atomic E-state index is -0.725. The van der Waals surface area contributed by atoms with E-state index in [1.54, 1.807) is 6.07 Å². The Morgan fingerprint density at radius 1 is 1.40 bits per heavy atom. The lowest BCUT2D eigenvalue weighted by Crippen LogP contribution is -2.39. The van der Waals surface area contributed by atoms with Crippen LogP contribution in [-0.4, -0.2) is 17.6 Å². The normalized spacial score (nSPS) is 17.2. The third kappa shape index (κ3) is 2.77. The maximum absolute atomic E-state index is 11.6. The number of benzene rings is 1. The number of carboxylic acid groups (broad SMARTS) is 1. The van der Waals surface area contributed by atoms with E-state index in [0.29, 0.717) is 24.9 Å². The average Bonchev–Trinajstić information content (AvgIpc) is 2.46. The van der Waals surface area contributed by atoms with Crippen LogP contribution in [0.1, 0.15) is 43.2 Å². The Balaban J connectivity index is 2.19. The van der Waals surface area contributed by atoms with Crippen LogP contribution in [-0.2, 0) is 4.79 Å². The first kappa shape index (κ1) is 14.4. The van der Waals surface area contributed by atoms with Crippen LogP contribution < -0.4 is 5.32 Å². The second-order valence-electron chi connectivity index (χ2n) is 5.61. The third-order valence-corrected chi connectivity index (χ3v) is 4.26. The van der Waals surface area contributed by atoms with Crippen molar-refractivity contribution < 1.29 is 9.90 Å². The minimum Gasteiger partial charge on any atom is -0.481 e. The Morgan fingerprint density at radius 2 is 2.10 bits per heavy atom. The molecule has 1 aromatic rings. The summed E-state index contributed by atoms with van der Waals surface area (Å²) in [5, 5.41) is 21.9. The lowest BCUT2D eigenvalue weighted by Gasteiger charge is -2.33. The summed E-state index contributed by atoms with van der Waals surface area (Å²) < 4.78 is 0. The summed E-state index contributed by atoms with van der Waals surface area (Å²) in [6, 6.07) is 7.68. The summed E-state index contributed by atoms with van der Waals surface area (Å²) in [6.45, 7) is 2.32. The molecule has 1 fully saturated rings. The number of nitriles is 1. The van der Waals surface area contributed by atoms with Crippen molar-refractivity contribution in [2.75, 3.05) is 11.9 Å². The van der Waals surface area contributed by atoms with E-state index < -0.39 is 11.4 Å². The summed E-state index contributed by atoms with van der Waals surface area (Å²) in [7, 11) is 0. The predicted octanol–water partition coefficient (Wildman–Crippen LogP) is 3.31. The Hall–Kier alpha value is -2.02. The molecule has 1 aliphatic carbocycles. The molecule has 0 unspecified atom stereocenters. The van der Waals surface area contributed by atoms with E-state index in [-0.39, 0.29) is 0 Å². The molecule has 4 nitrogen and oxygen atoms in total. The largest absolute Gasteiger partial charge is 0.481 e. The minimum absolute atomic E-state index is 0.391. The molecule has 1 saturated carbocycles. The Morgan fingerprint density at radius 3 is 2.70 bits per heavy atom. The van der Waals surface area contributed by atoms with Gasteiger partial charge in [-0.1, -0.05) is 31.4 Å². The van der Waals surface area contributed by atoms with Gasteiger partial charge in [-0.05, 0) is 31.4 Å². The van der Waals surface area contributed by atoms with Gasteiger partial charge >= 0.3 is 5.97 Å². The number of anilines is 1. The van der Waals surface area contributed by atoms with Gasteiger partial charge in [0.2, 0.25) is 0 Å². The molecule has 2 N–H and O–H groups in total. The molecule has 1 aromatic carbocycles. The summed E-state index contributed by atoms with van der Waals surface area (Å²) >= 11 is 0. The monoisotopic (exact) mass is 272 g/mol. The van der Waals surface area contributed by atoms with Crippen molar-refractivity contribution in [3.05, 3.63) is 29.3 Å². The van der Waals surface area contributed by atoms with Gasteiger partial charge in [0.15, 0.2) is 0 Å². The molecule has 0 aliphatic heterocycles. The molecule has 0 spiro atoms. The van der Waals surface area contributed by atoms with E-state index in [0.717, 1.165) is 30.5 Å². The lowest BCUT2D eigenvalue weighted by atomic mass is 9.74. The Labute approximate surface area is 119 Å². The second-order valence-corrected chi connectivity index (χ2v) is 5.61. The van der Waals surface area contributed by atoms with Crippen LogP contribution in [0.5, 0.6) is 0 Å². The van der Waals surface area contributed by atoms with E-state index in [1.165, 1.54) is 0 Å². The number of rotatable bonds is 4. The first-order valence-corrected chi connectivity index (χ1v) is 7.06. The quantitative estimate of drug-likeness (QED) is 0.882. The van der Waals surface area contributed by atoms with E-state index in [9.17, 15) is 9.90 Å². The number of nitrogens with one attached hydrogen (secondary N) is 1. The van der Waals surface area contributed by atoms with Crippen molar-refractivity contribution in [3.8, 4) is 6.07 Å². The van der Waals surface area contributed by atoms with Crippen molar-refractivity contribution >= 4 is 11.7 Å². The molecule has 1 aliphatic rings. The standard InChI is InChI=1S/C16H20N2O2/c1-12-6-5-7-13(10-17)14(12)18-11-16(15(19)20)8-3-2-4-9-16/h5-7,18H,2-4,8-9,11H2,1H3,(H,19,20). The van der Waals surface area contributed by atoms with Crippen molar-refractivity contribution in [2.45, 2.75) is 39.0 Å². The number of hydrogen-bond donors (Lipinski definition) is 2. The number of aryl methyl sites for hydroxylation is 1. The highest BCUT2D eigenvalue weighted by molar-refractivity contribution is 5.76. The van der Waals surface area contributed by atoms with Gasteiger partial charge in [-0.25, -0.2) is 0 Å².